The molecule has 1 aromatic carbocycles. The lowest BCUT2D eigenvalue weighted by atomic mass is 10.1. The van der Waals surface area contributed by atoms with Crippen molar-refractivity contribution in [2.75, 3.05) is 13.1 Å². The van der Waals surface area contributed by atoms with Gasteiger partial charge in [-0.15, -0.1) is 0 Å². The third kappa shape index (κ3) is 3.24. The average Bonchev–Trinajstić information content (AvgIpc) is 3.24. The summed E-state index contributed by atoms with van der Waals surface area (Å²) < 4.78 is 0. The molecule has 2 amide bonds. The number of nitrogens with one attached hydrogen (secondary N) is 2. The second kappa shape index (κ2) is 6.62. The number of carbonyl (C=O) groups is 2. The summed E-state index contributed by atoms with van der Waals surface area (Å²) in [7, 11) is 0. The largest absolute Gasteiger partial charge is 0.347 e. The van der Waals surface area contributed by atoms with E-state index in [1.54, 1.807) is 29.4 Å². The normalized spacial score (nSPS) is 20.5. The topological polar surface area (TPSA) is 104 Å². The summed E-state index contributed by atoms with van der Waals surface area (Å²) in [4.78, 5) is 33.3. The van der Waals surface area contributed by atoms with Crippen molar-refractivity contribution in [3.63, 3.8) is 0 Å². The van der Waals surface area contributed by atoms with E-state index in [2.05, 4.69) is 15.3 Å². The molecule has 2 heterocycles. The van der Waals surface area contributed by atoms with Gasteiger partial charge in [-0.25, -0.2) is 4.98 Å². The molecule has 2 atom stereocenters. The van der Waals surface area contributed by atoms with Crippen molar-refractivity contribution in [2.45, 2.75) is 18.5 Å². The first-order valence-corrected chi connectivity index (χ1v) is 7.53. The van der Waals surface area contributed by atoms with E-state index in [0.717, 1.165) is 0 Å². The lowest BCUT2D eigenvalue weighted by molar-refractivity contribution is -0.130. The highest BCUT2D eigenvalue weighted by atomic mass is 16.2. The molecule has 23 heavy (non-hydrogen) atoms. The molecule has 120 valence electrons. The van der Waals surface area contributed by atoms with E-state index in [1.807, 2.05) is 18.2 Å². The Balaban J connectivity index is 1.72. The minimum atomic E-state index is -0.192. The van der Waals surface area contributed by atoms with Gasteiger partial charge in [0.15, 0.2) is 0 Å². The van der Waals surface area contributed by atoms with Gasteiger partial charge in [-0.1, -0.05) is 18.2 Å². The van der Waals surface area contributed by atoms with E-state index >= 15 is 0 Å². The van der Waals surface area contributed by atoms with Crippen molar-refractivity contribution in [1.82, 2.24) is 20.2 Å². The Kier molecular flexibility index (Phi) is 4.38. The molecular weight excluding hydrogens is 294 g/mol. The highest BCUT2D eigenvalue weighted by Gasteiger charge is 2.37. The van der Waals surface area contributed by atoms with Crippen molar-refractivity contribution in [1.29, 1.82) is 0 Å². The number of amides is 2. The zero-order valence-electron chi connectivity index (χ0n) is 12.6. The standard InChI is InChI=1S/C16H19N5O2/c17-9-14(22)21-10-12(8-13(21)15-18-6-7-19-15)20-16(23)11-4-2-1-3-5-11/h1-7,12-13H,8-10,17H2,(H,18,19)(H,20,23). The number of rotatable bonds is 4. The van der Waals surface area contributed by atoms with Gasteiger partial charge >= 0.3 is 0 Å². The van der Waals surface area contributed by atoms with Crippen LogP contribution in [-0.4, -0.2) is 45.8 Å². The van der Waals surface area contributed by atoms with E-state index in [1.165, 1.54) is 0 Å². The van der Waals surface area contributed by atoms with Gasteiger partial charge < -0.3 is 20.9 Å². The van der Waals surface area contributed by atoms with Crippen LogP contribution in [-0.2, 0) is 4.79 Å². The molecule has 1 aliphatic heterocycles. The van der Waals surface area contributed by atoms with Crippen LogP contribution < -0.4 is 11.1 Å². The van der Waals surface area contributed by atoms with Crippen LogP contribution in [0.2, 0.25) is 0 Å². The molecule has 1 aromatic heterocycles. The minimum Gasteiger partial charge on any atom is -0.347 e. The quantitative estimate of drug-likeness (QED) is 0.762. The third-order valence-electron chi connectivity index (χ3n) is 4.00. The first-order valence-electron chi connectivity index (χ1n) is 7.53. The minimum absolute atomic E-state index is 0.0590. The number of nitrogens with zero attached hydrogens (tertiary/aromatic N) is 2. The predicted octanol–water partition coefficient (Wildman–Crippen LogP) is 0.440. The molecule has 1 saturated heterocycles. The van der Waals surface area contributed by atoms with Crippen molar-refractivity contribution in [3.05, 3.63) is 54.1 Å². The molecule has 3 rings (SSSR count). The fraction of sp³-hybridized carbons (Fsp3) is 0.312. The lowest BCUT2D eigenvalue weighted by Gasteiger charge is -2.22. The van der Waals surface area contributed by atoms with Crippen molar-refractivity contribution >= 4 is 11.8 Å². The Morgan fingerprint density at radius 2 is 2.13 bits per heavy atom. The number of likely N-dealkylation sites (tertiary alicyclic amines) is 1. The summed E-state index contributed by atoms with van der Waals surface area (Å²) in [6, 6.07) is 8.70. The number of benzene rings is 1. The number of hydrogen-bond acceptors (Lipinski definition) is 4. The molecule has 1 aliphatic rings. The highest BCUT2D eigenvalue weighted by Crippen LogP contribution is 2.30. The van der Waals surface area contributed by atoms with Gasteiger partial charge in [0, 0.05) is 30.5 Å². The molecule has 0 aliphatic carbocycles. The lowest BCUT2D eigenvalue weighted by Crippen LogP contribution is -2.40. The monoisotopic (exact) mass is 313 g/mol. The van der Waals surface area contributed by atoms with E-state index < -0.39 is 0 Å². The third-order valence-corrected chi connectivity index (χ3v) is 4.00. The molecular formula is C16H19N5O2. The predicted molar refractivity (Wildman–Crippen MR) is 84.4 cm³/mol. The van der Waals surface area contributed by atoms with Crippen LogP contribution in [0.25, 0.3) is 0 Å². The van der Waals surface area contributed by atoms with Crippen molar-refractivity contribution < 1.29 is 9.59 Å². The number of H-pyrrole nitrogens is 1. The van der Waals surface area contributed by atoms with Crippen LogP contribution in [0, 0.1) is 0 Å². The molecule has 0 bridgehead atoms. The Morgan fingerprint density at radius 1 is 1.35 bits per heavy atom. The molecule has 0 radical (unpaired) electrons. The molecule has 1 fully saturated rings. The van der Waals surface area contributed by atoms with Crippen LogP contribution in [0.5, 0.6) is 0 Å². The SMILES string of the molecule is NCC(=O)N1CC(NC(=O)c2ccccc2)CC1c1ncc[nH]1. The number of aromatic nitrogens is 2. The summed E-state index contributed by atoms with van der Waals surface area (Å²) in [5.74, 6) is 0.418. The van der Waals surface area contributed by atoms with E-state index in [9.17, 15) is 9.59 Å². The second-order valence-corrected chi connectivity index (χ2v) is 5.51. The first kappa shape index (κ1) is 15.2. The van der Waals surface area contributed by atoms with Gasteiger partial charge in [0.05, 0.1) is 12.6 Å². The maximum absolute atomic E-state index is 12.3. The van der Waals surface area contributed by atoms with Crippen molar-refractivity contribution in [3.8, 4) is 0 Å². The number of aromatic amines is 1. The van der Waals surface area contributed by atoms with Gasteiger partial charge in [0.1, 0.15) is 5.82 Å². The summed E-state index contributed by atoms with van der Waals surface area (Å²) in [5.41, 5.74) is 6.10. The number of imidazole rings is 1. The molecule has 7 heteroatoms. The number of nitrogens with two attached hydrogens (primary N) is 1. The second-order valence-electron chi connectivity index (χ2n) is 5.51. The van der Waals surface area contributed by atoms with Crippen molar-refractivity contribution in [2.24, 2.45) is 5.73 Å². The van der Waals surface area contributed by atoms with Gasteiger partial charge in [-0.3, -0.25) is 9.59 Å². The molecule has 2 aromatic rings. The average molecular weight is 313 g/mol. The van der Waals surface area contributed by atoms with Crippen LogP contribution in [0.15, 0.2) is 42.7 Å². The summed E-state index contributed by atoms with van der Waals surface area (Å²) >= 11 is 0. The molecule has 4 N–H and O–H groups in total. The van der Waals surface area contributed by atoms with Gasteiger partial charge in [-0.05, 0) is 18.6 Å². The van der Waals surface area contributed by atoms with Crippen LogP contribution in [0.1, 0.15) is 28.6 Å². The molecule has 0 spiro atoms. The Morgan fingerprint density at radius 3 is 2.78 bits per heavy atom. The zero-order chi connectivity index (χ0) is 16.2. The van der Waals surface area contributed by atoms with Gasteiger partial charge in [0.2, 0.25) is 5.91 Å². The van der Waals surface area contributed by atoms with Gasteiger partial charge in [-0.2, -0.15) is 0 Å². The molecule has 2 unspecified atom stereocenters. The summed E-state index contributed by atoms with van der Waals surface area (Å²) in [5, 5.41) is 2.98. The smallest absolute Gasteiger partial charge is 0.251 e. The van der Waals surface area contributed by atoms with E-state index in [4.69, 9.17) is 5.73 Å². The van der Waals surface area contributed by atoms with Crippen LogP contribution in [0.4, 0.5) is 0 Å². The Labute approximate surface area is 133 Å². The van der Waals surface area contributed by atoms with Gasteiger partial charge in [0.25, 0.3) is 5.91 Å². The highest BCUT2D eigenvalue weighted by molar-refractivity contribution is 5.94. The number of hydrogen-bond donors (Lipinski definition) is 3. The Bertz CT molecular complexity index is 671. The molecule has 0 saturated carbocycles. The number of carbonyl (C=O) groups excluding carboxylic acids is 2. The molecule has 7 nitrogen and oxygen atoms in total. The zero-order valence-corrected chi connectivity index (χ0v) is 12.6. The fourth-order valence-corrected chi connectivity index (χ4v) is 2.91. The van der Waals surface area contributed by atoms with E-state index in [-0.39, 0.29) is 30.4 Å². The maximum Gasteiger partial charge on any atom is 0.251 e. The summed E-state index contributed by atoms with van der Waals surface area (Å²) in [6.07, 6.45) is 3.98. The van der Waals surface area contributed by atoms with E-state index in [0.29, 0.717) is 24.4 Å². The van der Waals surface area contributed by atoms with Crippen LogP contribution in [0.3, 0.4) is 0 Å². The Hall–Kier alpha value is -2.67. The fourth-order valence-electron chi connectivity index (χ4n) is 2.91. The summed E-state index contributed by atoms with van der Waals surface area (Å²) in [6.45, 7) is 0.372. The first-order chi connectivity index (χ1) is 11.2. The maximum atomic E-state index is 12.3. The van der Waals surface area contributed by atoms with Crippen LogP contribution >= 0.6 is 0 Å².